The molecule has 3 aromatic heterocycles. The van der Waals surface area contributed by atoms with Crippen LogP contribution in [0.1, 0.15) is 11.5 Å². The Bertz CT molecular complexity index is 1080. The number of aryl methyl sites for hydroxylation is 1. The summed E-state index contributed by atoms with van der Waals surface area (Å²) >= 11 is 0. The molecule has 26 heavy (non-hydrogen) atoms. The fourth-order valence-corrected chi connectivity index (χ4v) is 2.69. The number of pyridine rings is 1. The maximum atomic E-state index is 12.1. The van der Waals surface area contributed by atoms with Crippen LogP contribution >= 0.6 is 0 Å². The van der Waals surface area contributed by atoms with Crippen LogP contribution in [-0.4, -0.2) is 20.7 Å². The highest BCUT2D eigenvalue weighted by Gasteiger charge is 2.11. The van der Waals surface area contributed by atoms with Gasteiger partial charge in [-0.25, -0.2) is 9.67 Å². The van der Waals surface area contributed by atoms with Crippen LogP contribution in [0.2, 0.25) is 0 Å². The lowest BCUT2D eigenvalue weighted by Gasteiger charge is -2.04. The van der Waals surface area contributed by atoms with E-state index in [1.165, 1.54) is 6.08 Å². The van der Waals surface area contributed by atoms with Crippen molar-refractivity contribution < 1.29 is 9.21 Å². The SMILES string of the molecule is Cc1nn(-c2ccccc2)c2ncc(NC(=O)/C=C/c3ccco3)cc12. The van der Waals surface area contributed by atoms with Crippen molar-refractivity contribution in [2.75, 3.05) is 5.32 Å². The summed E-state index contributed by atoms with van der Waals surface area (Å²) in [6.45, 7) is 1.92. The number of carbonyl (C=O) groups is 1. The molecule has 0 aliphatic heterocycles. The van der Waals surface area contributed by atoms with Crippen LogP contribution in [0.5, 0.6) is 0 Å². The Labute approximate surface area is 149 Å². The molecule has 0 saturated carbocycles. The minimum Gasteiger partial charge on any atom is -0.465 e. The van der Waals surface area contributed by atoms with Crippen LogP contribution < -0.4 is 5.32 Å². The molecule has 0 unspecified atom stereocenters. The third-order valence-corrected chi connectivity index (χ3v) is 3.92. The number of nitrogens with one attached hydrogen (secondary N) is 1. The van der Waals surface area contributed by atoms with E-state index in [1.54, 1.807) is 35.4 Å². The molecule has 6 heteroatoms. The zero-order valence-electron chi connectivity index (χ0n) is 14.1. The van der Waals surface area contributed by atoms with Crippen LogP contribution in [0, 0.1) is 6.92 Å². The summed E-state index contributed by atoms with van der Waals surface area (Å²) < 4.78 is 6.96. The standard InChI is InChI=1S/C20H16N4O2/c1-14-18-12-15(22-19(25)10-9-17-8-5-11-26-17)13-21-20(18)24(23-14)16-6-3-2-4-7-16/h2-13H,1H3,(H,22,25)/b10-9+. The van der Waals surface area contributed by atoms with E-state index in [0.717, 1.165) is 22.4 Å². The van der Waals surface area contributed by atoms with Gasteiger partial charge in [0.2, 0.25) is 5.91 Å². The molecular formula is C20H16N4O2. The van der Waals surface area contributed by atoms with Gasteiger partial charge in [0, 0.05) is 11.5 Å². The quantitative estimate of drug-likeness (QED) is 0.569. The number of aromatic nitrogens is 3. The number of hydrogen-bond acceptors (Lipinski definition) is 4. The van der Waals surface area contributed by atoms with Crippen molar-refractivity contribution in [1.82, 2.24) is 14.8 Å². The highest BCUT2D eigenvalue weighted by molar-refractivity contribution is 6.02. The molecule has 0 spiro atoms. The van der Waals surface area contributed by atoms with Crippen molar-refractivity contribution >= 4 is 28.7 Å². The minimum absolute atomic E-state index is 0.254. The second kappa shape index (κ2) is 6.68. The lowest BCUT2D eigenvalue weighted by Crippen LogP contribution is -2.08. The van der Waals surface area contributed by atoms with E-state index in [0.29, 0.717) is 11.4 Å². The molecule has 3 heterocycles. The Kier molecular flexibility index (Phi) is 4.07. The first-order valence-corrected chi connectivity index (χ1v) is 8.14. The van der Waals surface area contributed by atoms with Crippen molar-refractivity contribution in [2.45, 2.75) is 6.92 Å². The van der Waals surface area contributed by atoms with Crippen LogP contribution in [0.25, 0.3) is 22.8 Å². The summed E-state index contributed by atoms with van der Waals surface area (Å²) in [6, 6.07) is 15.2. The summed E-state index contributed by atoms with van der Waals surface area (Å²) in [5.74, 6) is 0.365. The summed E-state index contributed by atoms with van der Waals surface area (Å²) in [5, 5.41) is 8.26. The van der Waals surface area contributed by atoms with Gasteiger partial charge >= 0.3 is 0 Å². The van der Waals surface area contributed by atoms with Gasteiger partial charge in [0.25, 0.3) is 0 Å². The Hall–Kier alpha value is -3.67. The predicted octanol–water partition coefficient (Wildman–Crippen LogP) is 3.97. The van der Waals surface area contributed by atoms with Crippen LogP contribution in [0.3, 0.4) is 0 Å². The number of para-hydroxylation sites is 1. The van der Waals surface area contributed by atoms with E-state index in [9.17, 15) is 4.79 Å². The molecule has 0 bridgehead atoms. The van der Waals surface area contributed by atoms with Crippen molar-refractivity contribution in [1.29, 1.82) is 0 Å². The highest BCUT2D eigenvalue weighted by Crippen LogP contribution is 2.22. The third kappa shape index (κ3) is 3.12. The van der Waals surface area contributed by atoms with Gasteiger partial charge in [0.05, 0.1) is 29.5 Å². The normalized spacial score (nSPS) is 11.3. The average Bonchev–Trinajstić information content (AvgIpc) is 3.29. The fourth-order valence-electron chi connectivity index (χ4n) is 2.69. The average molecular weight is 344 g/mol. The molecule has 4 rings (SSSR count). The van der Waals surface area contributed by atoms with Gasteiger partial charge in [-0.1, -0.05) is 18.2 Å². The Morgan fingerprint density at radius 2 is 2.04 bits per heavy atom. The van der Waals surface area contributed by atoms with Crippen molar-refractivity contribution in [2.24, 2.45) is 0 Å². The van der Waals surface area contributed by atoms with Crippen LogP contribution in [0.4, 0.5) is 5.69 Å². The molecule has 0 fully saturated rings. The van der Waals surface area contributed by atoms with Crippen LogP contribution in [0.15, 0.2) is 71.5 Å². The van der Waals surface area contributed by atoms with E-state index >= 15 is 0 Å². The lowest BCUT2D eigenvalue weighted by atomic mass is 10.2. The summed E-state index contributed by atoms with van der Waals surface area (Å²) in [7, 11) is 0. The summed E-state index contributed by atoms with van der Waals surface area (Å²) in [5.41, 5.74) is 3.15. The number of carbonyl (C=O) groups excluding carboxylic acids is 1. The van der Waals surface area contributed by atoms with Crippen molar-refractivity contribution in [3.05, 3.63) is 78.5 Å². The van der Waals surface area contributed by atoms with Gasteiger partial charge in [0.1, 0.15) is 5.76 Å². The molecular weight excluding hydrogens is 328 g/mol. The molecule has 1 aromatic carbocycles. The molecule has 0 aliphatic carbocycles. The van der Waals surface area contributed by atoms with Gasteiger partial charge in [-0.3, -0.25) is 4.79 Å². The van der Waals surface area contributed by atoms with E-state index in [1.807, 2.05) is 43.3 Å². The second-order valence-electron chi connectivity index (χ2n) is 5.77. The number of furan rings is 1. The first-order valence-electron chi connectivity index (χ1n) is 8.14. The molecule has 128 valence electrons. The van der Waals surface area contributed by atoms with Gasteiger partial charge in [0.15, 0.2) is 5.65 Å². The number of rotatable bonds is 4. The van der Waals surface area contributed by atoms with Crippen molar-refractivity contribution in [3.8, 4) is 5.69 Å². The molecule has 1 N–H and O–H groups in total. The number of amides is 1. The first kappa shape index (κ1) is 15.8. The van der Waals surface area contributed by atoms with E-state index < -0.39 is 0 Å². The summed E-state index contributed by atoms with van der Waals surface area (Å²) in [6.07, 6.45) is 6.22. The van der Waals surface area contributed by atoms with Crippen molar-refractivity contribution in [3.63, 3.8) is 0 Å². The van der Waals surface area contributed by atoms with Gasteiger partial charge in [-0.15, -0.1) is 0 Å². The number of anilines is 1. The van der Waals surface area contributed by atoms with E-state index in [4.69, 9.17) is 4.42 Å². The molecule has 1 amide bonds. The fraction of sp³-hybridized carbons (Fsp3) is 0.0500. The first-order chi connectivity index (χ1) is 12.7. The number of hydrogen-bond donors (Lipinski definition) is 1. The molecule has 0 radical (unpaired) electrons. The van der Waals surface area contributed by atoms with E-state index in [-0.39, 0.29) is 5.91 Å². The van der Waals surface area contributed by atoms with E-state index in [2.05, 4.69) is 15.4 Å². The molecule has 0 atom stereocenters. The van der Waals surface area contributed by atoms with Gasteiger partial charge in [-0.2, -0.15) is 5.10 Å². The molecule has 0 saturated heterocycles. The molecule has 0 aliphatic rings. The highest BCUT2D eigenvalue weighted by atomic mass is 16.3. The number of nitrogens with zero attached hydrogens (tertiary/aromatic N) is 3. The molecule has 6 nitrogen and oxygen atoms in total. The minimum atomic E-state index is -0.254. The number of benzene rings is 1. The lowest BCUT2D eigenvalue weighted by molar-refractivity contribution is -0.111. The summed E-state index contributed by atoms with van der Waals surface area (Å²) in [4.78, 5) is 16.6. The Morgan fingerprint density at radius 3 is 2.81 bits per heavy atom. The monoisotopic (exact) mass is 344 g/mol. The van der Waals surface area contributed by atoms with Gasteiger partial charge < -0.3 is 9.73 Å². The largest absolute Gasteiger partial charge is 0.465 e. The predicted molar refractivity (Wildman–Crippen MR) is 100.0 cm³/mol. The Morgan fingerprint density at radius 1 is 1.19 bits per heavy atom. The third-order valence-electron chi connectivity index (χ3n) is 3.92. The Balaban J connectivity index is 1.60. The van der Waals surface area contributed by atoms with Crippen LogP contribution in [-0.2, 0) is 4.79 Å². The zero-order valence-corrected chi connectivity index (χ0v) is 14.1. The molecule has 4 aromatic rings. The topological polar surface area (TPSA) is 73.0 Å². The number of fused-ring (bicyclic) bond motifs is 1. The smallest absolute Gasteiger partial charge is 0.248 e. The zero-order chi connectivity index (χ0) is 17.9. The maximum Gasteiger partial charge on any atom is 0.248 e. The maximum absolute atomic E-state index is 12.1. The second-order valence-corrected chi connectivity index (χ2v) is 5.77. The van der Waals surface area contributed by atoms with Gasteiger partial charge in [-0.05, 0) is 43.3 Å².